The van der Waals surface area contributed by atoms with Gasteiger partial charge in [0.2, 0.25) is 0 Å². The molecule has 0 saturated heterocycles. The fourth-order valence-corrected chi connectivity index (χ4v) is 3.81. The topological polar surface area (TPSA) is 34.0 Å². The lowest BCUT2D eigenvalue weighted by Gasteiger charge is -2.19. The zero-order valence-electron chi connectivity index (χ0n) is 15.4. The van der Waals surface area contributed by atoms with E-state index in [1.54, 1.807) is 23.5 Å². The molecule has 0 aliphatic heterocycles. The molecule has 0 atom stereocenters. The van der Waals surface area contributed by atoms with Crippen LogP contribution in [0.4, 0.5) is 10.1 Å². The first-order valence-electron chi connectivity index (χ1n) is 8.73. The monoisotopic (exact) mass is 412 g/mol. The number of anilines is 1. The molecule has 0 radical (unpaired) electrons. The molecule has 0 spiro atoms. The normalized spacial score (nSPS) is 11.0. The van der Waals surface area contributed by atoms with Gasteiger partial charge in [-0.15, -0.1) is 11.3 Å². The highest BCUT2D eigenvalue weighted by atomic mass is 35.5. The average molecular weight is 413 g/mol. The van der Waals surface area contributed by atoms with Crippen molar-refractivity contribution in [2.45, 2.75) is 13.5 Å². The molecular formula is C21H18ClFN4S. The van der Waals surface area contributed by atoms with Crippen molar-refractivity contribution in [2.24, 2.45) is 0 Å². The molecule has 2 heterocycles. The molecule has 7 heteroatoms. The molecule has 0 unspecified atom stereocenters. The van der Waals surface area contributed by atoms with Crippen LogP contribution in [0.2, 0.25) is 5.02 Å². The molecule has 2 aromatic carbocycles. The summed E-state index contributed by atoms with van der Waals surface area (Å²) < 4.78 is 15.3. The number of halogens is 2. The highest BCUT2D eigenvalue weighted by Gasteiger charge is 2.15. The van der Waals surface area contributed by atoms with E-state index in [9.17, 15) is 4.39 Å². The minimum atomic E-state index is -0.248. The maximum Gasteiger partial charge on any atom is 0.133 e. The molecule has 0 amide bonds. The van der Waals surface area contributed by atoms with Crippen LogP contribution in [0.25, 0.3) is 16.3 Å². The predicted molar refractivity (Wildman–Crippen MR) is 113 cm³/mol. The van der Waals surface area contributed by atoms with Crippen molar-refractivity contribution in [2.75, 3.05) is 11.9 Å². The molecule has 0 aliphatic carbocycles. The van der Waals surface area contributed by atoms with Gasteiger partial charge in [-0.2, -0.15) is 0 Å². The van der Waals surface area contributed by atoms with Crippen molar-refractivity contribution in [3.05, 3.63) is 82.6 Å². The Balaban J connectivity index is 1.72. The van der Waals surface area contributed by atoms with Gasteiger partial charge in [-0.25, -0.2) is 14.4 Å². The summed E-state index contributed by atoms with van der Waals surface area (Å²) in [5.74, 6) is 0.623. The second-order valence-corrected chi connectivity index (χ2v) is 8.14. The summed E-state index contributed by atoms with van der Waals surface area (Å²) in [5.41, 5.74) is 2.78. The zero-order chi connectivity index (χ0) is 19.7. The van der Waals surface area contributed by atoms with Crippen LogP contribution in [0.1, 0.15) is 10.8 Å². The van der Waals surface area contributed by atoms with Crippen molar-refractivity contribution >= 4 is 28.6 Å². The van der Waals surface area contributed by atoms with Gasteiger partial charge in [0.15, 0.2) is 0 Å². The van der Waals surface area contributed by atoms with Gasteiger partial charge >= 0.3 is 0 Å². The second kappa shape index (κ2) is 7.73. The number of nitrogens with zero attached hydrogens (tertiary/aromatic N) is 4. The molecule has 0 saturated carbocycles. The number of thiazole rings is 1. The molecule has 0 aliphatic rings. The van der Waals surface area contributed by atoms with Crippen LogP contribution in [-0.4, -0.2) is 21.6 Å². The van der Waals surface area contributed by atoms with Crippen LogP contribution in [0.5, 0.6) is 0 Å². The van der Waals surface area contributed by atoms with E-state index in [-0.39, 0.29) is 5.82 Å². The lowest BCUT2D eigenvalue weighted by molar-refractivity contribution is 0.627. The Morgan fingerprint density at radius 1 is 1.11 bits per heavy atom. The lowest BCUT2D eigenvalue weighted by atomic mass is 10.3. The first-order chi connectivity index (χ1) is 13.5. The first kappa shape index (κ1) is 18.7. The fourth-order valence-electron chi connectivity index (χ4n) is 2.95. The van der Waals surface area contributed by atoms with Crippen molar-refractivity contribution < 1.29 is 4.39 Å². The van der Waals surface area contributed by atoms with E-state index >= 15 is 0 Å². The maximum atomic E-state index is 13.2. The Bertz CT molecular complexity index is 1090. The molecule has 4 aromatic rings. The van der Waals surface area contributed by atoms with Gasteiger partial charge in [-0.3, -0.25) is 0 Å². The lowest BCUT2D eigenvalue weighted by Crippen LogP contribution is -2.19. The third-order valence-corrected chi connectivity index (χ3v) is 5.59. The summed E-state index contributed by atoms with van der Waals surface area (Å²) in [6, 6.07) is 14.1. The summed E-state index contributed by atoms with van der Waals surface area (Å²) in [4.78, 5) is 12.3. The largest absolute Gasteiger partial charge is 0.367 e. The van der Waals surface area contributed by atoms with Gasteiger partial charge in [0.25, 0.3) is 0 Å². The number of aryl methyl sites for hydroxylation is 1. The number of aromatic nitrogens is 3. The predicted octanol–water partition coefficient (Wildman–Crippen LogP) is 5.73. The Hall–Kier alpha value is -2.70. The third-order valence-electron chi connectivity index (χ3n) is 4.40. The van der Waals surface area contributed by atoms with Crippen LogP contribution < -0.4 is 4.90 Å². The molecule has 0 bridgehead atoms. The minimum absolute atomic E-state index is 0.248. The Labute approximate surface area is 171 Å². The van der Waals surface area contributed by atoms with E-state index in [1.165, 1.54) is 12.1 Å². The minimum Gasteiger partial charge on any atom is -0.367 e. The standard InChI is InChI=1S/C21H18ClFN4S/c1-14-24-11-20(28-14)19-12-27(18-7-3-15(22)4-8-18)21(25-19)13-26(2)17-9-5-16(23)6-10-17/h3-12H,13H2,1-2H3. The molecule has 0 fully saturated rings. The van der Waals surface area contributed by atoms with E-state index in [2.05, 4.69) is 9.55 Å². The molecule has 4 rings (SSSR count). The molecule has 28 heavy (non-hydrogen) atoms. The Morgan fingerprint density at radius 3 is 2.46 bits per heavy atom. The smallest absolute Gasteiger partial charge is 0.133 e. The third kappa shape index (κ3) is 3.93. The van der Waals surface area contributed by atoms with Crippen molar-refractivity contribution in [1.29, 1.82) is 0 Å². The SMILES string of the molecule is Cc1ncc(-c2cn(-c3ccc(Cl)cc3)c(CN(C)c3ccc(F)cc3)n2)s1. The van der Waals surface area contributed by atoms with Crippen molar-refractivity contribution in [1.82, 2.24) is 14.5 Å². The fraction of sp³-hybridized carbons (Fsp3) is 0.143. The summed E-state index contributed by atoms with van der Waals surface area (Å²) in [6.45, 7) is 2.54. The van der Waals surface area contributed by atoms with E-state index in [0.29, 0.717) is 11.6 Å². The van der Waals surface area contributed by atoms with Gasteiger partial charge in [-0.05, 0) is 55.5 Å². The summed E-state index contributed by atoms with van der Waals surface area (Å²) in [6.07, 6.45) is 3.87. The van der Waals surface area contributed by atoms with Crippen LogP contribution in [-0.2, 0) is 6.54 Å². The quantitative estimate of drug-likeness (QED) is 0.419. The molecular weight excluding hydrogens is 395 g/mol. The van der Waals surface area contributed by atoms with Gasteiger partial charge < -0.3 is 9.47 Å². The number of imidazole rings is 1. The summed E-state index contributed by atoms with van der Waals surface area (Å²) in [5, 5.41) is 1.69. The molecule has 4 nitrogen and oxygen atoms in total. The number of hydrogen-bond donors (Lipinski definition) is 0. The van der Waals surface area contributed by atoms with Crippen LogP contribution in [0, 0.1) is 12.7 Å². The summed E-state index contributed by atoms with van der Waals surface area (Å²) >= 11 is 7.66. The van der Waals surface area contributed by atoms with Crippen LogP contribution >= 0.6 is 22.9 Å². The highest BCUT2D eigenvalue weighted by Crippen LogP contribution is 2.28. The van der Waals surface area contributed by atoms with Gasteiger partial charge in [0.05, 0.1) is 16.4 Å². The molecule has 2 aromatic heterocycles. The van der Waals surface area contributed by atoms with E-state index in [0.717, 1.165) is 32.8 Å². The van der Waals surface area contributed by atoms with E-state index in [4.69, 9.17) is 16.6 Å². The van der Waals surface area contributed by atoms with Crippen molar-refractivity contribution in [3.8, 4) is 16.3 Å². The number of benzene rings is 2. The highest BCUT2D eigenvalue weighted by molar-refractivity contribution is 7.15. The molecule has 0 N–H and O–H groups in total. The van der Waals surface area contributed by atoms with Crippen molar-refractivity contribution in [3.63, 3.8) is 0 Å². The van der Waals surface area contributed by atoms with Gasteiger partial charge in [0, 0.05) is 35.8 Å². The van der Waals surface area contributed by atoms with E-state index < -0.39 is 0 Å². The number of rotatable bonds is 5. The van der Waals surface area contributed by atoms with Gasteiger partial charge in [0.1, 0.15) is 17.3 Å². The molecule has 142 valence electrons. The van der Waals surface area contributed by atoms with Crippen LogP contribution in [0.3, 0.4) is 0 Å². The van der Waals surface area contributed by atoms with Gasteiger partial charge in [-0.1, -0.05) is 11.6 Å². The average Bonchev–Trinajstić information content (AvgIpc) is 3.29. The summed E-state index contributed by atoms with van der Waals surface area (Å²) in [7, 11) is 1.96. The maximum absolute atomic E-state index is 13.2. The second-order valence-electron chi connectivity index (χ2n) is 6.46. The Kier molecular flexibility index (Phi) is 5.15. The zero-order valence-corrected chi connectivity index (χ0v) is 17.0. The number of hydrogen-bond acceptors (Lipinski definition) is 4. The van der Waals surface area contributed by atoms with E-state index in [1.807, 2.05) is 55.5 Å². The van der Waals surface area contributed by atoms with Crippen LogP contribution in [0.15, 0.2) is 60.9 Å². The Morgan fingerprint density at radius 2 is 1.82 bits per heavy atom. The first-order valence-corrected chi connectivity index (χ1v) is 9.93.